The van der Waals surface area contributed by atoms with Crippen molar-refractivity contribution in [1.82, 2.24) is 4.98 Å². The molecule has 0 saturated carbocycles. The molecule has 1 amide bonds. The van der Waals surface area contributed by atoms with Crippen molar-refractivity contribution in [2.24, 2.45) is 0 Å². The van der Waals surface area contributed by atoms with Crippen molar-refractivity contribution in [1.29, 1.82) is 0 Å². The maximum absolute atomic E-state index is 13.3. The van der Waals surface area contributed by atoms with Crippen LogP contribution < -0.4 is 14.4 Å². The number of fused-ring (bicyclic) bond motifs is 1. The Morgan fingerprint density at radius 2 is 2.10 bits per heavy atom. The second-order valence-electron chi connectivity index (χ2n) is 6.26. The number of sulfonamides is 1. The summed E-state index contributed by atoms with van der Waals surface area (Å²) in [6, 6.07) is 9.49. The lowest BCUT2D eigenvalue weighted by atomic mass is 10.1. The molecule has 0 unspecified atom stereocenters. The number of amides is 1. The predicted octanol–water partition coefficient (Wildman–Crippen LogP) is 3.81. The minimum Gasteiger partial charge on any atom is -0.495 e. The van der Waals surface area contributed by atoms with Gasteiger partial charge in [0.15, 0.2) is 5.13 Å². The first-order valence-electron chi connectivity index (χ1n) is 8.60. The van der Waals surface area contributed by atoms with Gasteiger partial charge in [-0.05, 0) is 42.3 Å². The zero-order valence-corrected chi connectivity index (χ0v) is 17.6. The molecule has 150 valence electrons. The Balaban J connectivity index is 1.71. The highest BCUT2D eigenvalue weighted by molar-refractivity contribution is 7.93. The summed E-state index contributed by atoms with van der Waals surface area (Å²) in [5.41, 5.74) is 1.67. The number of nitrogens with zero attached hydrogens (tertiary/aromatic N) is 2. The van der Waals surface area contributed by atoms with Crippen LogP contribution in [0.1, 0.15) is 15.9 Å². The number of aromatic nitrogens is 1. The van der Waals surface area contributed by atoms with Gasteiger partial charge in [-0.1, -0.05) is 17.7 Å². The highest BCUT2D eigenvalue weighted by atomic mass is 35.5. The number of hydrogen-bond acceptors (Lipinski definition) is 6. The van der Waals surface area contributed by atoms with Gasteiger partial charge in [-0.2, -0.15) is 0 Å². The Morgan fingerprint density at radius 1 is 1.28 bits per heavy atom. The van der Waals surface area contributed by atoms with Crippen LogP contribution >= 0.6 is 22.9 Å². The normalized spacial score (nSPS) is 13.2. The molecular formula is C19H16ClN3O4S2. The molecule has 3 aromatic rings. The molecule has 1 N–H and O–H groups in total. The van der Waals surface area contributed by atoms with E-state index in [4.69, 9.17) is 16.3 Å². The SMILES string of the molecule is COc1ccc(Cl)cc1S(=O)(=O)N1CCc2ccc(C(=O)Nc3nccs3)cc21. The largest absolute Gasteiger partial charge is 0.495 e. The third kappa shape index (κ3) is 3.68. The van der Waals surface area contributed by atoms with Gasteiger partial charge < -0.3 is 4.74 Å². The van der Waals surface area contributed by atoms with Crippen molar-refractivity contribution in [3.8, 4) is 5.75 Å². The van der Waals surface area contributed by atoms with Crippen LogP contribution in [0.4, 0.5) is 10.8 Å². The molecule has 4 rings (SSSR count). The van der Waals surface area contributed by atoms with Gasteiger partial charge in [-0.25, -0.2) is 13.4 Å². The van der Waals surface area contributed by atoms with E-state index in [0.29, 0.717) is 27.8 Å². The van der Waals surface area contributed by atoms with E-state index in [2.05, 4.69) is 10.3 Å². The Bertz CT molecular complexity index is 1180. The van der Waals surface area contributed by atoms with Gasteiger partial charge in [0.25, 0.3) is 15.9 Å². The topological polar surface area (TPSA) is 88.6 Å². The number of nitrogens with one attached hydrogen (secondary N) is 1. The summed E-state index contributed by atoms with van der Waals surface area (Å²) >= 11 is 7.33. The third-order valence-electron chi connectivity index (χ3n) is 4.55. The van der Waals surface area contributed by atoms with Crippen molar-refractivity contribution in [2.75, 3.05) is 23.3 Å². The van der Waals surface area contributed by atoms with Crippen molar-refractivity contribution in [3.63, 3.8) is 0 Å². The van der Waals surface area contributed by atoms with Gasteiger partial charge in [-0.15, -0.1) is 11.3 Å². The summed E-state index contributed by atoms with van der Waals surface area (Å²) in [6.07, 6.45) is 2.14. The summed E-state index contributed by atoms with van der Waals surface area (Å²) < 4.78 is 33.2. The molecule has 0 spiro atoms. The Labute approximate surface area is 177 Å². The van der Waals surface area contributed by atoms with Crippen LogP contribution in [0.15, 0.2) is 52.9 Å². The summed E-state index contributed by atoms with van der Waals surface area (Å²) in [6.45, 7) is 0.269. The number of rotatable bonds is 5. The van der Waals surface area contributed by atoms with E-state index in [-0.39, 0.29) is 23.1 Å². The maximum atomic E-state index is 13.3. The van der Waals surface area contributed by atoms with Crippen molar-refractivity contribution < 1.29 is 17.9 Å². The smallest absolute Gasteiger partial charge is 0.268 e. The minimum atomic E-state index is -3.93. The first-order valence-corrected chi connectivity index (χ1v) is 11.3. The van der Waals surface area contributed by atoms with E-state index in [9.17, 15) is 13.2 Å². The van der Waals surface area contributed by atoms with Gasteiger partial charge in [0.2, 0.25) is 0 Å². The summed E-state index contributed by atoms with van der Waals surface area (Å²) in [5, 5.41) is 5.23. The maximum Gasteiger partial charge on any atom is 0.268 e. The van der Waals surface area contributed by atoms with E-state index < -0.39 is 10.0 Å². The fourth-order valence-corrected chi connectivity index (χ4v) is 5.61. The Hall–Kier alpha value is -2.62. The second-order valence-corrected chi connectivity index (χ2v) is 9.42. The van der Waals surface area contributed by atoms with E-state index in [1.54, 1.807) is 35.8 Å². The number of thiazole rings is 1. The van der Waals surface area contributed by atoms with Crippen molar-refractivity contribution >= 4 is 49.7 Å². The molecule has 0 atom stereocenters. The lowest BCUT2D eigenvalue weighted by Crippen LogP contribution is -2.29. The van der Waals surface area contributed by atoms with Crippen LogP contribution in [-0.4, -0.2) is 33.0 Å². The molecule has 1 aliphatic rings. The highest BCUT2D eigenvalue weighted by Crippen LogP contribution is 2.37. The second kappa shape index (κ2) is 7.66. The van der Waals surface area contributed by atoms with Crippen LogP contribution in [0.3, 0.4) is 0 Å². The van der Waals surface area contributed by atoms with E-state index in [1.807, 2.05) is 0 Å². The lowest BCUT2D eigenvalue weighted by molar-refractivity contribution is 0.102. The monoisotopic (exact) mass is 449 g/mol. The van der Waals surface area contributed by atoms with E-state index in [0.717, 1.165) is 5.56 Å². The van der Waals surface area contributed by atoms with E-state index >= 15 is 0 Å². The average molecular weight is 450 g/mol. The zero-order chi connectivity index (χ0) is 20.6. The molecule has 0 saturated heterocycles. The van der Waals surface area contributed by atoms with Gasteiger partial charge in [-0.3, -0.25) is 14.4 Å². The summed E-state index contributed by atoms with van der Waals surface area (Å²) in [7, 11) is -2.52. The van der Waals surface area contributed by atoms with Crippen LogP contribution in [-0.2, 0) is 16.4 Å². The molecule has 7 nitrogen and oxygen atoms in total. The molecule has 0 fully saturated rings. The zero-order valence-electron chi connectivity index (χ0n) is 15.3. The number of carbonyl (C=O) groups excluding carboxylic acids is 1. The molecule has 10 heteroatoms. The van der Waals surface area contributed by atoms with Gasteiger partial charge in [0.05, 0.1) is 12.8 Å². The number of methoxy groups -OCH3 is 1. The van der Waals surface area contributed by atoms with Crippen LogP contribution in [0, 0.1) is 0 Å². The van der Waals surface area contributed by atoms with Crippen molar-refractivity contribution in [3.05, 3.63) is 64.1 Å². The van der Waals surface area contributed by atoms with Crippen LogP contribution in [0.2, 0.25) is 5.02 Å². The Kier molecular flexibility index (Phi) is 5.20. The molecule has 29 heavy (non-hydrogen) atoms. The highest BCUT2D eigenvalue weighted by Gasteiger charge is 2.33. The number of carbonyl (C=O) groups is 1. The number of benzene rings is 2. The third-order valence-corrected chi connectivity index (χ3v) is 7.30. The Morgan fingerprint density at radius 3 is 2.83 bits per heavy atom. The molecule has 0 aliphatic carbocycles. The number of hydrogen-bond donors (Lipinski definition) is 1. The minimum absolute atomic E-state index is 0.0157. The van der Waals surface area contributed by atoms with E-state index in [1.165, 1.54) is 34.9 Å². The summed E-state index contributed by atoms with van der Waals surface area (Å²) in [5.74, 6) is -0.146. The molecular weight excluding hydrogens is 434 g/mol. The molecule has 0 bridgehead atoms. The quantitative estimate of drug-likeness (QED) is 0.639. The van der Waals surface area contributed by atoms with Crippen molar-refractivity contribution in [2.45, 2.75) is 11.3 Å². The molecule has 0 radical (unpaired) electrons. The predicted molar refractivity (Wildman–Crippen MR) is 113 cm³/mol. The number of ether oxygens (including phenoxy) is 1. The first kappa shape index (κ1) is 19.7. The molecule has 2 aromatic carbocycles. The fourth-order valence-electron chi connectivity index (χ4n) is 3.17. The first-order chi connectivity index (χ1) is 13.9. The van der Waals surface area contributed by atoms with Gasteiger partial charge >= 0.3 is 0 Å². The summed E-state index contributed by atoms with van der Waals surface area (Å²) in [4.78, 5) is 16.5. The standard InChI is InChI=1S/C19H16ClN3O4S2/c1-27-16-5-4-14(20)11-17(16)29(25,26)23-8-6-12-2-3-13(10-15(12)23)18(24)22-19-21-7-9-28-19/h2-5,7,9-11H,6,8H2,1H3,(H,21,22,24). The lowest BCUT2D eigenvalue weighted by Gasteiger charge is -2.21. The fraction of sp³-hybridized carbons (Fsp3) is 0.158. The van der Waals surface area contributed by atoms with Gasteiger partial charge in [0.1, 0.15) is 10.6 Å². The van der Waals surface area contributed by atoms with Crippen LogP contribution in [0.25, 0.3) is 0 Å². The molecule has 1 aromatic heterocycles. The average Bonchev–Trinajstić information content (AvgIpc) is 3.37. The van der Waals surface area contributed by atoms with Gasteiger partial charge in [0, 0.05) is 28.7 Å². The number of anilines is 2. The number of halogens is 1. The van der Waals surface area contributed by atoms with Crippen LogP contribution in [0.5, 0.6) is 5.75 Å². The molecule has 1 aliphatic heterocycles. The molecule has 2 heterocycles.